The number of hydrazine groups is 1. The minimum Gasteiger partial charge on any atom is -0.283 e. The minimum absolute atomic E-state index is 0.0769. The Hall–Kier alpha value is -0.920. The van der Waals surface area contributed by atoms with Crippen LogP contribution < -0.4 is 4.41 Å². The van der Waals surface area contributed by atoms with E-state index >= 15 is 0 Å². The van der Waals surface area contributed by atoms with Crippen LogP contribution in [0, 0.1) is 0 Å². The zero-order valence-electron chi connectivity index (χ0n) is 8.79. The third-order valence-corrected chi connectivity index (χ3v) is 3.70. The summed E-state index contributed by atoms with van der Waals surface area (Å²) < 4.78 is 24.7. The Morgan fingerprint density at radius 1 is 1.25 bits per heavy atom. The van der Waals surface area contributed by atoms with Crippen LogP contribution in [-0.2, 0) is 14.8 Å². The van der Waals surface area contributed by atoms with Crippen molar-refractivity contribution in [1.82, 2.24) is 5.01 Å². The van der Waals surface area contributed by atoms with Crippen molar-refractivity contribution in [2.75, 3.05) is 18.5 Å². The van der Waals surface area contributed by atoms with E-state index in [2.05, 4.69) is 15.9 Å². The van der Waals surface area contributed by atoms with E-state index in [0.29, 0.717) is 10.2 Å². The first-order valence-electron chi connectivity index (χ1n) is 4.32. The topological polar surface area (TPSA) is 57.7 Å². The van der Waals surface area contributed by atoms with Crippen molar-refractivity contribution in [2.45, 2.75) is 0 Å². The lowest BCUT2D eigenvalue weighted by Crippen LogP contribution is -2.42. The van der Waals surface area contributed by atoms with E-state index in [9.17, 15) is 13.2 Å². The van der Waals surface area contributed by atoms with Gasteiger partial charge < -0.3 is 0 Å². The lowest BCUT2D eigenvalue weighted by molar-refractivity contribution is 0.426. The SMILES string of the molecule is CN(C)N(c1ccccc1Br)S(=O)(=O)C=O. The van der Waals surface area contributed by atoms with E-state index in [4.69, 9.17) is 0 Å². The average Bonchev–Trinajstić information content (AvgIpc) is 2.20. The van der Waals surface area contributed by atoms with Crippen molar-refractivity contribution in [3.63, 3.8) is 0 Å². The molecule has 5 nitrogen and oxygen atoms in total. The quantitative estimate of drug-likeness (QED) is 0.620. The average molecular weight is 307 g/mol. The van der Waals surface area contributed by atoms with Crippen molar-refractivity contribution in [2.24, 2.45) is 0 Å². The molecule has 1 aromatic carbocycles. The van der Waals surface area contributed by atoms with Crippen LogP contribution in [0.25, 0.3) is 0 Å². The number of anilines is 1. The van der Waals surface area contributed by atoms with Crippen LogP contribution in [-0.4, -0.2) is 33.1 Å². The molecule has 0 atom stereocenters. The summed E-state index contributed by atoms with van der Waals surface area (Å²) in [5.41, 5.74) is 0.312. The maximum Gasteiger partial charge on any atom is 0.308 e. The summed E-state index contributed by atoms with van der Waals surface area (Å²) in [5.74, 6) is 0. The smallest absolute Gasteiger partial charge is 0.283 e. The Labute approximate surface area is 103 Å². The summed E-state index contributed by atoms with van der Waals surface area (Å²) in [6.07, 6.45) is 0. The van der Waals surface area contributed by atoms with Gasteiger partial charge in [0.15, 0.2) is 0 Å². The Kier molecular flexibility index (Phi) is 4.06. The molecule has 0 bridgehead atoms. The molecule has 1 aromatic rings. The van der Waals surface area contributed by atoms with Crippen LogP contribution in [0.1, 0.15) is 0 Å². The fraction of sp³-hybridized carbons (Fsp3) is 0.222. The highest BCUT2D eigenvalue weighted by Crippen LogP contribution is 2.27. The van der Waals surface area contributed by atoms with Crippen LogP contribution in [0.5, 0.6) is 0 Å². The van der Waals surface area contributed by atoms with Crippen molar-refractivity contribution in [3.8, 4) is 0 Å². The Morgan fingerprint density at radius 2 is 1.81 bits per heavy atom. The summed E-state index contributed by atoms with van der Waals surface area (Å²) in [7, 11) is -0.902. The predicted molar refractivity (Wildman–Crippen MR) is 66.0 cm³/mol. The van der Waals surface area contributed by atoms with Gasteiger partial charge in [-0.2, -0.15) is 12.8 Å². The van der Waals surface area contributed by atoms with Crippen LogP contribution >= 0.6 is 15.9 Å². The van der Waals surface area contributed by atoms with Gasteiger partial charge in [-0.3, -0.25) is 4.79 Å². The molecule has 0 N–H and O–H groups in total. The van der Waals surface area contributed by atoms with Gasteiger partial charge in [-0.1, -0.05) is 12.1 Å². The van der Waals surface area contributed by atoms with E-state index in [1.807, 2.05) is 0 Å². The molecule has 0 aliphatic heterocycles. The maximum absolute atomic E-state index is 11.6. The van der Waals surface area contributed by atoms with Gasteiger partial charge in [-0.15, -0.1) is 0 Å². The number of hydrogen-bond donors (Lipinski definition) is 0. The molecule has 0 saturated carbocycles. The zero-order chi connectivity index (χ0) is 12.3. The van der Waals surface area contributed by atoms with Crippen LogP contribution in [0.15, 0.2) is 28.7 Å². The van der Waals surface area contributed by atoms with Gasteiger partial charge in [0, 0.05) is 18.6 Å². The van der Waals surface area contributed by atoms with Gasteiger partial charge in [-0.25, -0.2) is 5.01 Å². The van der Waals surface area contributed by atoms with Crippen molar-refractivity contribution in [3.05, 3.63) is 28.7 Å². The minimum atomic E-state index is -3.99. The Bertz CT molecular complexity index is 487. The molecule has 0 amide bonds. The fourth-order valence-electron chi connectivity index (χ4n) is 1.23. The molecule has 0 aliphatic rings. The molecule has 0 saturated heterocycles. The molecule has 1 rings (SSSR count). The number of sulfonamides is 1. The van der Waals surface area contributed by atoms with E-state index in [1.54, 1.807) is 38.4 Å². The van der Waals surface area contributed by atoms with E-state index in [0.717, 1.165) is 4.41 Å². The highest BCUT2D eigenvalue weighted by atomic mass is 79.9. The van der Waals surface area contributed by atoms with Crippen LogP contribution in [0.2, 0.25) is 0 Å². The third kappa shape index (κ3) is 2.60. The second-order valence-corrected chi connectivity index (χ2v) is 5.61. The molecule has 0 radical (unpaired) electrons. The van der Waals surface area contributed by atoms with Gasteiger partial charge >= 0.3 is 10.0 Å². The summed E-state index contributed by atoms with van der Waals surface area (Å²) >= 11 is 3.24. The molecule has 0 aliphatic carbocycles. The second-order valence-electron chi connectivity index (χ2n) is 3.18. The molecule has 0 fully saturated rings. The normalized spacial score (nSPS) is 11.5. The molecule has 0 heterocycles. The highest BCUT2D eigenvalue weighted by Gasteiger charge is 2.25. The van der Waals surface area contributed by atoms with Gasteiger partial charge in [0.1, 0.15) is 0 Å². The monoisotopic (exact) mass is 306 g/mol. The van der Waals surface area contributed by atoms with Gasteiger partial charge in [0.2, 0.25) is 0 Å². The summed E-state index contributed by atoms with van der Waals surface area (Å²) in [4.78, 5) is 10.6. The number of para-hydroxylation sites is 1. The molecule has 16 heavy (non-hydrogen) atoms. The van der Waals surface area contributed by atoms with Gasteiger partial charge in [0.25, 0.3) is 5.62 Å². The van der Waals surface area contributed by atoms with E-state index in [1.165, 1.54) is 5.01 Å². The number of rotatable bonds is 4. The van der Waals surface area contributed by atoms with Crippen molar-refractivity contribution >= 4 is 37.3 Å². The number of hydrogen-bond acceptors (Lipinski definition) is 4. The standard InChI is InChI=1S/C9H11BrN2O3S/c1-11(2)12(16(14,15)7-13)9-6-4-3-5-8(9)10/h3-7H,1-2H3. The van der Waals surface area contributed by atoms with Crippen LogP contribution in [0.4, 0.5) is 5.69 Å². The Balaban J connectivity index is 3.36. The molecular weight excluding hydrogens is 296 g/mol. The first-order chi connectivity index (χ1) is 7.40. The molecule has 7 heteroatoms. The second kappa shape index (κ2) is 4.94. The molecule has 0 aromatic heterocycles. The molecular formula is C9H11BrN2O3S. The predicted octanol–water partition coefficient (Wildman–Crippen LogP) is 1.25. The first kappa shape index (κ1) is 13.1. The number of carbonyl (C=O) groups is 1. The number of benzene rings is 1. The lowest BCUT2D eigenvalue weighted by atomic mass is 10.3. The van der Waals surface area contributed by atoms with Gasteiger partial charge in [-0.05, 0) is 28.1 Å². The van der Waals surface area contributed by atoms with E-state index < -0.39 is 10.0 Å². The number of carbonyl (C=O) groups excluding carboxylic acids is 1. The Morgan fingerprint density at radius 3 is 2.25 bits per heavy atom. The maximum atomic E-state index is 11.6. The molecule has 0 spiro atoms. The van der Waals surface area contributed by atoms with Crippen LogP contribution in [0.3, 0.4) is 0 Å². The summed E-state index contributed by atoms with van der Waals surface area (Å²) in [6.45, 7) is 0. The number of nitrogens with zero attached hydrogens (tertiary/aromatic N) is 2. The molecule has 88 valence electrons. The van der Waals surface area contributed by atoms with Crippen molar-refractivity contribution in [1.29, 1.82) is 0 Å². The van der Waals surface area contributed by atoms with Gasteiger partial charge in [0.05, 0.1) is 5.69 Å². The summed E-state index contributed by atoms with van der Waals surface area (Å²) in [6, 6.07) is 6.75. The highest BCUT2D eigenvalue weighted by molar-refractivity contribution is 9.10. The zero-order valence-corrected chi connectivity index (χ0v) is 11.2. The first-order valence-corrected chi connectivity index (χ1v) is 6.62. The summed E-state index contributed by atoms with van der Waals surface area (Å²) in [5, 5.41) is 1.32. The molecule has 0 unspecified atom stereocenters. The fourth-order valence-corrected chi connectivity index (χ4v) is 2.77. The third-order valence-electron chi connectivity index (χ3n) is 1.78. The van der Waals surface area contributed by atoms with E-state index in [-0.39, 0.29) is 5.62 Å². The van der Waals surface area contributed by atoms with Crippen molar-refractivity contribution < 1.29 is 13.2 Å². The lowest BCUT2D eigenvalue weighted by Gasteiger charge is -2.28. The number of halogens is 1. The largest absolute Gasteiger partial charge is 0.308 e.